The van der Waals surface area contributed by atoms with Crippen LogP contribution < -0.4 is 5.32 Å². The number of rotatable bonds is 7. The molecule has 19 heavy (non-hydrogen) atoms. The maximum Gasteiger partial charge on any atom is 0.0964 e. The van der Waals surface area contributed by atoms with Gasteiger partial charge in [0, 0.05) is 31.9 Å². The zero-order valence-corrected chi connectivity index (χ0v) is 12.0. The van der Waals surface area contributed by atoms with Crippen molar-refractivity contribution in [3.05, 3.63) is 11.9 Å². The van der Waals surface area contributed by atoms with Gasteiger partial charge in [0.05, 0.1) is 5.69 Å². The van der Waals surface area contributed by atoms with E-state index in [4.69, 9.17) is 5.11 Å². The highest BCUT2D eigenvalue weighted by Gasteiger charge is 2.30. The molecule has 1 aliphatic carbocycles. The maximum atomic E-state index is 8.78. The summed E-state index contributed by atoms with van der Waals surface area (Å²) in [5.74, 6) is 1.63. The predicted octanol–water partition coefficient (Wildman–Crippen LogP) is 1.57. The Morgan fingerprint density at radius 2 is 2.32 bits per heavy atom. The Hall–Kier alpha value is -0.940. The van der Waals surface area contributed by atoms with Gasteiger partial charge in [-0.05, 0) is 31.1 Å². The van der Waals surface area contributed by atoms with Crippen molar-refractivity contribution in [2.24, 2.45) is 11.8 Å². The summed E-state index contributed by atoms with van der Waals surface area (Å²) in [5.41, 5.74) is 0.991. The monoisotopic (exact) mass is 266 g/mol. The first-order valence-corrected chi connectivity index (χ1v) is 7.47. The molecule has 1 saturated carbocycles. The van der Waals surface area contributed by atoms with Crippen LogP contribution in [0.15, 0.2) is 6.20 Å². The fourth-order valence-electron chi connectivity index (χ4n) is 3.11. The Morgan fingerprint density at radius 1 is 1.47 bits per heavy atom. The summed E-state index contributed by atoms with van der Waals surface area (Å²) in [6.45, 7) is 6.38. The number of aliphatic hydroxyl groups excluding tert-OH is 1. The number of aliphatic hydroxyl groups is 1. The van der Waals surface area contributed by atoms with Crippen LogP contribution >= 0.6 is 0 Å². The molecule has 3 atom stereocenters. The van der Waals surface area contributed by atoms with Crippen molar-refractivity contribution >= 4 is 0 Å². The lowest BCUT2D eigenvalue weighted by Crippen LogP contribution is -2.32. The number of hydrogen-bond donors (Lipinski definition) is 2. The summed E-state index contributed by atoms with van der Waals surface area (Å²) in [6.07, 6.45) is 6.61. The van der Waals surface area contributed by atoms with Crippen LogP contribution in [0.2, 0.25) is 0 Å². The summed E-state index contributed by atoms with van der Waals surface area (Å²) < 4.78 is 1.81. The normalized spacial score (nSPS) is 27.0. The minimum Gasteiger partial charge on any atom is -0.396 e. The van der Waals surface area contributed by atoms with Gasteiger partial charge >= 0.3 is 0 Å². The van der Waals surface area contributed by atoms with Gasteiger partial charge in [-0.1, -0.05) is 25.5 Å². The second-order valence-corrected chi connectivity index (χ2v) is 5.64. The van der Waals surface area contributed by atoms with Crippen molar-refractivity contribution in [3.8, 4) is 0 Å². The third kappa shape index (κ3) is 3.76. The first-order chi connectivity index (χ1) is 9.24. The molecule has 1 aliphatic rings. The molecule has 0 spiro atoms. The topological polar surface area (TPSA) is 63.0 Å². The van der Waals surface area contributed by atoms with Crippen molar-refractivity contribution in [1.29, 1.82) is 0 Å². The van der Waals surface area contributed by atoms with Crippen molar-refractivity contribution < 1.29 is 5.11 Å². The SMILES string of the molecule is CCC1CCC(NCc2cn(CCCO)nn2)C1C. The second-order valence-electron chi connectivity index (χ2n) is 5.64. The highest BCUT2D eigenvalue weighted by Crippen LogP contribution is 2.33. The molecule has 1 aromatic rings. The Bertz CT molecular complexity index is 379. The standard InChI is InChI=1S/C14H26N4O/c1-3-12-5-6-14(11(12)2)15-9-13-10-18(17-16-13)7-4-8-19/h10-12,14-15,19H,3-9H2,1-2H3. The van der Waals surface area contributed by atoms with Crippen LogP contribution in [0.5, 0.6) is 0 Å². The number of nitrogens with one attached hydrogen (secondary N) is 1. The summed E-state index contributed by atoms with van der Waals surface area (Å²) in [5, 5.41) is 20.6. The third-order valence-electron chi connectivity index (χ3n) is 4.43. The molecule has 3 unspecified atom stereocenters. The average Bonchev–Trinajstić information content (AvgIpc) is 3.01. The molecule has 1 fully saturated rings. The van der Waals surface area contributed by atoms with E-state index in [0.717, 1.165) is 37.0 Å². The van der Waals surface area contributed by atoms with E-state index in [1.807, 2.05) is 6.20 Å². The molecule has 0 aliphatic heterocycles. The molecule has 0 amide bonds. The van der Waals surface area contributed by atoms with Gasteiger partial charge in [-0.2, -0.15) is 0 Å². The molecule has 1 heterocycles. The molecule has 5 heteroatoms. The average molecular weight is 266 g/mol. The Kier molecular flexibility index (Phi) is 5.34. The van der Waals surface area contributed by atoms with Crippen molar-refractivity contribution in [1.82, 2.24) is 20.3 Å². The largest absolute Gasteiger partial charge is 0.396 e. The molecule has 0 bridgehead atoms. The van der Waals surface area contributed by atoms with Crippen LogP contribution in [0.3, 0.4) is 0 Å². The molecule has 0 aromatic carbocycles. The number of aromatic nitrogens is 3. The number of nitrogens with zero attached hydrogens (tertiary/aromatic N) is 3. The van der Waals surface area contributed by atoms with Crippen molar-refractivity contribution in [3.63, 3.8) is 0 Å². The minimum atomic E-state index is 0.200. The quantitative estimate of drug-likeness (QED) is 0.786. The Morgan fingerprint density at radius 3 is 3.00 bits per heavy atom. The van der Waals surface area contributed by atoms with E-state index in [9.17, 15) is 0 Å². The molecule has 0 radical (unpaired) electrons. The van der Waals surface area contributed by atoms with Crippen LogP contribution in [-0.2, 0) is 13.1 Å². The molecule has 0 saturated heterocycles. The fourth-order valence-corrected chi connectivity index (χ4v) is 3.11. The van der Waals surface area contributed by atoms with Gasteiger partial charge in [-0.25, -0.2) is 0 Å². The second kappa shape index (κ2) is 7.01. The van der Waals surface area contributed by atoms with E-state index in [-0.39, 0.29) is 6.61 Å². The van der Waals surface area contributed by atoms with E-state index in [2.05, 4.69) is 29.5 Å². The summed E-state index contributed by atoms with van der Waals surface area (Å²) in [6, 6.07) is 0.618. The van der Waals surface area contributed by atoms with E-state index >= 15 is 0 Å². The lowest BCUT2D eigenvalue weighted by Gasteiger charge is -2.20. The van der Waals surface area contributed by atoms with Crippen LogP contribution in [-0.4, -0.2) is 32.7 Å². The Labute approximate surface area is 115 Å². The lowest BCUT2D eigenvalue weighted by atomic mass is 9.93. The summed E-state index contributed by atoms with van der Waals surface area (Å²) in [4.78, 5) is 0. The first-order valence-electron chi connectivity index (χ1n) is 7.47. The molecular weight excluding hydrogens is 240 g/mol. The molecule has 1 aromatic heterocycles. The van der Waals surface area contributed by atoms with E-state index < -0.39 is 0 Å². The fraction of sp³-hybridized carbons (Fsp3) is 0.857. The molecule has 2 N–H and O–H groups in total. The molecule has 108 valence electrons. The molecular formula is C14H26N4O. The van der Waals surface area contributed by atoms with E-state index in [1.165, 1.54) is 19.3 Å². The van der Waals surface area contributed by atoms with Gasteiger partial charge in [-0.15, -0.1) is 5.10 Å². The summed E-state index contributed by atoms with van der Waals surface area (Å²) in [7, 11) is 0. The molecule has 5 nitrogen and oxygen atoms in total. The Balaban J connectivity index is 1.77. The minimum absolute atomic E-state index is 0.200. The highest BCUT2D eigenvalue weighted by atomic mass is 16.3. The first kappa shape index (κ1) is 14.5. The zero-order valence-electron chi connectivity index (χ0n) is 12.0. The van der Waals surface area contributed by atoms with Gasteiger partial charge in [0.15, 0.2) is 0 Å². The molecule has 2 rings (SSSR count). The van der Waals surface area contributed by atoms with Gasteiger partial charge in [0.2, 0.25) is 0 Å². The maximum absolute atomic E-state index is 8.78. The van der Waals surface area contributed by atoms with E-state index in [1.54, 1.807) is 4.68 Å². The smallest absolute Gasteiger partial charge is 0.0964 e. The lowest BCUT2D eigenvalue weighted by molar-refractivity contribution is 0.276. The van der Waals surface area contributed by atoms with Crippen LogP contribution in [0.4, 0.5) is 0 Å². The van der Waals surface area contributed by atoms with Crippen molar-refractivity contribution in [2.45, 2.75) is 58.7 Å². The predicted molar refractivity (Wildman–Crippen MR) is 74.5 cm³/mol. The van der Waals surface area contributed by atoms with Crippen LogP contribution in [0, 0.1) is 11.8 Å². The van der Waals surface area contributed by atoms with Gasteiger partial charge in [-0.3, -0.25) is 4.68 Å². The number of hydrogen-bond acceptors (Lipinski definition) is 4. The highest BCUT2D eigenvalue weighted by molar-refractivity contribution is 4.94. The van der Waals surface area contributed by atoms with Crippen LogP contribution in [0.25, 0.3) is 0 Å². The van der Waals surface area contributed by atoms with Gasteiger partial charge in [0.25, 0.3) is 0 Å². The third-order valence-corrected chi connectivity index (χ3v) is 4.43. The summed E-state index contributed by atoms with van der Waals surface area (Å²) >= 11 is 0. The van der Waals surface area contributed by atoms with Gasteiger partial charge < -0.3 is 10.4 Å². The zero-order chi connectivity index (χ0) is 13.7. The van der Waals surface area contributed by atoms with E-state index in [0.29, 0.717) is 6.04 Å². The van der Waals surface area contributed by atoms with Crippen LogP contribution in [0.1, 0.15) is 45.2 Å². The van der Waals surface area contributed by atoms with Gasteiger partial charge in [0.1, 0.15) is 0 Å². The van der Waals surface area contributed by atoms with Crippen molar-refractivity contribution in [2.75, 3.05) is 6.61 Å². The number of aryl methyl sites for hydroxylation is 1.